The van der Waals surface area contributed by atoms with Gasteiger partial charge in [0.1, 0.15) is 0 Å². The molecule has 3 rings (SSSR count). The van der Waals surface area contributed by atoms with Crippen LogP contribution in [0, 0.1) is 6.92 Å². The molecule has 0 unspecified atom stereocenters. The number of hydrogen-bond acceptors (Lipinski definition) is 2. The van der Waals surface area contributed by atoms with E-state index in [0.29, 0.717) is 5.92 Å². The van der Waals surface area contributed by atoms with Crippen molar-refractivity contribution in [2.45, 2.75) is 25.7 Å². The second-order valence-corrected chi connectivity index (χ2v) is 5.14. The molecule has 0 aromatic heterocycles. The van der Waals surface area contributed by atoms with Crippen molar-refractivity contribution in [2.24, 2.45) is 5.16 Å². The molecule has 0 fully saturated rings. The van der Waals surface area contributed by atoms with Gasteiger partial charge in [-0.3, -0.25) is 0 Å². The lowest BCUT2D eigenvalue weighted by Crippen LogP contribution is -2.17. The molecule has 19 heavy (non-hydrogen) atoms. The van der Waals surface area contributed by atoms with Crippen molar-refractivity contribution >= 4 is 5.71 Å². The highest BCUT2D eigenvalue weighted by Crippen LogP contribution is 2.37. The quantitative estimate of drug-likeness (QED) is 0.600. The molecule has 0 saturated heterocycles. The van der Waals surface area contributed by atoms with Crippen molar-refractivity contribution in [3.63, 3.8) is 0 Å². The summed E-state index contributed by atoms with van der Waals surface area (Å²) in [7, 11) is 0. The van der Waals surface area contributed by atoms with Gasteiger partial charge in [-0.05, 0) is 30.9 Å². The topological polar surface area (TPSA) is 32.6 Å². The third-order valence-corrected chi connectivity index (χ3v) is 3.89. The molecular weight excluding hydrogens is 234 g/mol. The molecule has 0 amide bonds. The van der Waals surface area contributed by atoms with Crippen LogP contribution in [-0.4, -0.2) is 10.9 Å². The van der Waals surface area contributed by atoms with E-state index in [1.54, 1.807) is 0 Å². The first kappa shape index (κ1) is 12.0. The third-order valence-electron chi connectivity index (χ3n) is 3.89. The Morgan fingerprint density at radius 1 is 1.11 bits per heavy atom. The zero-order valence-electron chi connectivity index (χ0n) is 11.0. The molecule has 2 aromatic rings. The van der Waals surface area contributed by atoms with Crippen LogP contribution < -0.4 is 0 Å². The molecule has 0 bridgehead atoms. The molecule has 0 saturated carbocycles. The predicted molar refractivity (Wildman–Crippen MR) is 77.0 cm³/mol. The number of fused-ring (bicyclic) bond motifs is 1. The first-order chi connectivity index (χ1) is 9.29. The van der Waals surface area contributed by atoms with E-state index in [1.807, 2.05) is 6.07 Å². The zero-order valence-corrected chi connectivity index (χ0v) is 11.0. The fourth-order valence-electron chi connectivity index (χ4n) is 2.94. The van der Waals surface area contributed by atoms with E-state index in [9.17, 15) is 0 Å². The molecule has 1 N–H and O–H groups in total. The van der Waals surface area contributed by atoms with Crippen LogP contribution in [0.2, 0.25) is 0 Å². The Balaban J connectivity index is 2.13. The van der Waals surface area contributed by atoms with E-state index >= 15 is 0 Å². The van der Waals surface area contributed by atoms with Gasteiger partial charge in [-0.2, -0.15) is 0 Å². The van der Waals surface area contributed by atoms with E-state index in [1.165, 1.54) is 16.7 Å². The number of rotatable bonds is 1. The molecule has 0 spiro atoms. The lowest BCUT2D eigenvalue weighted by Gasteiger charge is -2.27. The second kappa shape index (κ2) is 4.88. The minimum atomic E-state index is 0.404. The van der Waals surface area contributed by atoms with Crippen LogP contribution in [-0.2, 0) is 0 Å². The van der Waals surface area contributed by atoms with Crippen molar-refractivity contribution in [2.75, 3.05) is 0 Å². The van der Waals surface area contributed by atoms with E-state index in [0.717, 1.165) is 24.1 Å². The molecule has 96 valence electrons. The predicted octanol–water partition coefficient (Wildman–Crippen LogP) is 4.10. The molecule has 2 aromatic carbocycles. The Morgan fingerprint density at radius 2 is 1.89 bits per heavy atom. The molecule has 1 atom stereocenters. The highest BCUT2D eigenvalue weighted by atomic mass is 16.4. The summed E-state index contributed by atoms with van der Waals surface area (Å²) in [6, 6.07) is 16.9. The Kier molecular flexibility index (Phi) is 3.08. The van der Waals surface area contributed by atoms with Gasteiger partial charge >= 0.3 is 0 Å². The number of aryl methyl sites for hydroxylation is 1. The van der Waals surface area contributed by atoms with Gasteiger partial charge in [0.2, 0.25) is 0 Å². The summed E-state index contributed by atoms with van der Waals surface area (Å²) in [5.74, 6) is 0.404. The van der Waals surface area contributed by atoms with Crippen LogP contribution in [0.25, 0.3) is 0 Å². The number of nitrogens with zero attached hydrogens (tertiary/aromatic N) is 1. The first-order valence-corrected chi connectivity index (χ1v) is 6.66. The third kappa shape index (κ3) is 2.14. The Labute approximate surface area is 113 Å². The standard InChI is InChI=1S/C17H17NO/c1-12-7-8-15-16(11-12)14(9-10-17(15)18-19)13-5-3-2-4-6-13/h2-8,11,14,19H,9-10H2,1H3/b18-17-/t14-/m1/s1. The van der Waals surface area contributed by atoms with Crippen molar-refractivity contribution in [3.05, 3.63) is 70.8 Å². The summed E-state index contributed by atoms with van der Waals surface area (Å²) in [5.41, 5.74) is 5.77. The van der Waals surface area contributed by atoms with Gasteiger partial charge in [0.15, 0.2) is 0 Å². The minimum absolute atomic E-state index is 0.404. The van der Waals surface area contributed by atoms with E-state index in [-0.39, 0.29) is 0 Å². The average Bonchev–Trinajstić information content (AvgIpc) is 2.46. The number of oxime groups is 1. The summed E-state index contributed by atoms with van der Waals surface area (Å²) < 4.78 is 0. The summed E-state index contributed by atoms with van der Waals surface area (Å²) in [5, 5.41) is 12.6. The normalized spacial score (nSPS) is 20.3. The first-order valence-electron chi connectivity index (χ1n) is 6.66. The van der Waals surface area contributed by atoms with Crippen molar-refractivity contribution in [1.82, 2.24) is 0 Å². The summed E-state index contributed by atoms with van der Waals surface area (Å²) in [6.45, 7) is 2.10. The maximum Gasteiger partial charge on any atom is 0.0871 e. The molecule has 0 aliphatic heterocycles. The fraction of sp³-hybridized carbons (Fsp3) is 0.235. The van der Waals surface area contributed by atoms with Crippen LogP contribution in [0.3, 0.4) is 0 Å². The van der Waals surface area contributed by atoms with Crippen molar-refractivity contribution in [3.8, 4) is 0 Å². The summed E-state index contributed by atoms with van der Waals surface area (Å²) in [4.78, 5) is 0. The Morgan fingerprint density at radius 3 is 2.63 bits per heavy atom. The molecular formula is C17H17NO. The number of hydrogen-bond donors (Lipinski definition) is 1. The van der Waals surface area contributed by atoms with Gasteiger partial charge < -0.3 is 5.21 Å². The monoisotopic (exact) mass is 251 g/mol. The Hall–Kier alpha value is -2.09. The van der Waals surface area contributed by atoms with Gasteiger partial charge in [-0.1, -0.05) is 59.3 Å². The minimum Gasteiger partial charge on any atom is -0.411 e. The lowest BCUT2D eigenvalue weighted by atomic mass is 9.77. The van der Waals surface area contributed by atoms with E-state index in [2.05, 4.69) is 54.5 Å². The SMILES string of the molecule is Cc1ccc2c(c1)[C@@H](c1ccccc1)CC/C2=N/O. The molecule has 2 nitrogen and oxygen atoms in total. The Bertz CT molecular complexity index is 616. The molecule has 0 heterocycles. The highest BCUT2D eigenvalue weighted by Gasteiger charge is 2.25. The summed E-state index contributed by atoms with van der Waals surface area (Å²) in [6.07, 6.45) is 1.83. The second-order valence-electron chi connectivity index (χ2n) is 5.14. The lowest BCUT2D eigenvalue weighted by molar-refractivity contribution is 0.317. The van der Waals surface area contributed by atoms with Gasteiger partial charge in [-0.25, -0.2) is 0 Å². The zero-order chi connectivity index (χ0) is 13.2. The van der Waals surface area contributed by atoms with Crippen molar-refractivity contribution < 1.29 is 5.21 Å². The van der Waals surface area contributed by atoms with Crippen LogP contribution in [0.4, 0.5) is 0 Å². The van der Waals surface area contributed by atoms with Crippen molar-refractivity contribution in [1.29, 1.82) is 0 Å². The molecule has 0 radical (unpaired) electrons. The van der Waals surface area contributed by atoms with Crippen LogP contribution in [0.5, 0.6) is 0 Å². The maximum absolute atomic E-state index is 9.15. The maximum atomic E-state index is 9.15. The average molecular weight is 251 g/mol. The van der Waals surface area contributed by atoms with Gasteiger partial charge in [-0.15, -0.1) is 0 Å². The van der Waals surface area contributed by atoms with Crippen LogP contribution in [0.15, 0.2) is 53.7 Å². The van der Waals surface area contributed by atoms with E-state index < -0.39 is 0 Å². The van der Waals surface area contributed by atoms with Crippen LogP contribution >= 0.6 is 0 Å². The van der Waals surface area contributed by atoms with Gasteiger partial charge in [0.25, 0.3) is 0 Å². The summed E-state index contributed by atoms with van der Waals surface area (Å²) >= 11 is 0. The van der Waals surface area contributed by atoms with E-state index in [4.69, 9.17) is 5.21 Å². The largest absolute Gasteiger partial charge is 0.411 e. The number of benzene rings is 2. The smallest absolute Gasteiger partial charge is 0.0871 e. The molecule has 2 heteroatoms. The fourth-order valence-corrected chi connectivity index (χ4v) is 2.94. The van der Waals surface area contributed by atoms with Gasteiger partial charge in [0.05, 0.1) is 5.71 Å². The molecule has 1 aliphatic rings. The highest BCUT2D eigenvalue weighted by molar-refractivity contribution is 6.02. The molecule has 1 aliphatic carbocycles. The van der Waals surface area contributed by atoms with Crippen LogP contribution in [0.1, 0.15) is 41.0 Å². The van der Waals surface area contributed by atoms with Gasteiger partial charge in [0, 0.05) is 11.5 Å².